The van der Waals surface area contributed by atoms with Crippen molar-refractivity contribution in [1.82, 2.24) is 0 Å². The number of thioether (sulfide) groups is 1. The van der Waals surface area contributed by atoms with E-state index < -0.39 is 5.97 Å². The molecule has 0 bridgehead atoms. The van der Waals surface area contributed by atoms with E-state index in [2.05, 4.69) is 11.9 Å². The summed E-state index contributed by atoms with van der Waals surface area (Å²) in [6.07, 6.45) is 0.870. The first-order chi connectivity index (χ1) is 10.8. The molecule has 0 heterocycles. The standard InChI is InChI=1S/C17H24ClNO3S/c1-6-16(21-11(2)3)23-10-19-13-7-8-15(18)14(9-13)17(20)22-12(4)5/h7-12,16H,6H2,1-5H3. The van der Waals surface area contributed by atoms with Gasteiger partial charge in [0.2, 0.25) is 0 Å². The molecule has 128 valence electrons. The summed E-state index contributed by atoms with van der Waals surface area (Å²) in [6, 6.07) is 5.04. The molecule has 0 spiro atoms. The van der Waals surface area contributed by atoms with Gasteiger partial charge < -0.3 is 9.47 Å². The summed E-state index contributed by atoms with van der Waals surface area (Å²) in [5, 5.41) is 0.358. The van der Waals surface area contributed by atoms with E-state index >= 15 is 0 Å². The van der Waals surface area contributed by atoms with E-state index in [0.717, 1.165) is 6.42 Å². The van der Waals surface area contributed by atoms with Crippen LogP contribution in [0.15, 0.2) is 23.2 Å². The van der Waals surface area contributed by atoms with Crippen molar-refractivity contribution in [3.63, 3.8) is 0 Å². The number of hydrogen-bond acceptors (Lipinski definition) is 5. The molecule has 4 nitrogen and oxygen atoms in total. The molecule has 0 aromatic heterocycles. The van der Waals surface area contributed by atoms with Gasteiger partial charge in [-0.05, 0) is 52.3 Å². The van der Waals surface area contributed by atoms with E-state index in [1.165, 1.54) is 11.8 Å². The molecule has 6 heteroatoms. The summed E-state index contributed by atoms with van der Waals surface area (Å²) in [4.78, 5) is 16.4. The summed E-state index contributed by atoms with van der Waals surface area (Å²) in [6.45, 7) is 9.67. The number of halogens is 1. The lowest BCUT2D eigenvalue weighted by atomic mass is 10.2. The first-order valence-corrected chi connectivity index (χ1v) is 8.99. The van der Waals surface area contributed by atoms with E-state index in [4.69, 9.17) is 21.1 Å². The van der Waals surface area contributed by atoms with Gasteiger partial charge in [-0.25, -0.2) is 9.79 Å². The summed E-state index contributed by atoms with van der Waals surface area (Å²) < 4.78 is 10.9. The molecular weight excluding hydrogens is 334 g/mol. The Balaban J connectivity index is 2.77. The molecule has 0 saturated carbocycles. The largest absolute Gasteiger partial charge is 0.459 e. The van der Waals surface area contributed by atoms with Gasteiger partial charge in [0.1, 0.15) is 5.44 Å². The van der Waals surface area contributed by atoms with Crippen molar-refractivity contribution in [2.24, 2.45) is 4.99 Å². The molecule has 1 aromatic carbocycles. The van der Waals surface area contributed by atoms with Crippen molar-refractivity contribution in [2.75, 3.05) is 0 Å². The fraction of sp³-hybridized carbons (Fsp3) is 0.529. The minimum Gasteiger partial charge on any atom is -0.459 e. The van der Waals surface area contributed by atoms with Crippen molar-refractivity contribution in [1.29, 1.82) is 0 Å². The lowest BCUT2D eigenvalue weighted by Gasteiger charge is -2.16. The van der Waals surface area contributed by atoms with Crippen LogP contribution >= 0.6 is 23.4 Å². The van der Waals surface area contributed by atoms with Crippen LogP contribution in [-0.4, -0.2) is 29.2 Å². The predicted molar refractivity (Wildman–Crippen MR) is 98.0 cm³/mol. The Bertz CT molecular complexity index is 547. The first-order valence-electron chi connectivity index (χ1n) is 7.67. The molecule has 23 heavy (non-hydrogen) atoms. The Morgan fingerprint density at radius 2 is 2.00 bits per heavy atom. The van der Waals surface area contributed by atoms with Crippen LogP contribution in [0.2, 0.25) is 5.02 Å². The van der Waals surface area contributed by atoms with Gasteiger partial charge in [0.05, 0.1) is 34.0 Å². The number of benzene rings is 1. The molecule has 0 aliphatic rings. The number of aliphatic imine (C=N–C) groups is 1. The monoisotopic (exact) mass is 357 g/mol. The van der Waals surface area contributed by atoms with E-state index in [-0.39, 0.29) is 17.6 Å². The Hall–Kier alpha value is -1.04. The zero-order chi connectivity index (χ0) is 17.4. The van der Waals surface area contributed by atoms with Gasteiger partial charge in [0.15, 0.2) is 0 Å². The molecule has 1 unspecified atom stereocenters. The number of carbonyl (C=O) groups is 1. The Morgan fingerprint density at radius 1 is 1.30 bits per heavy atom. The molecule has 0 aliphatic carbocycles. The minimum atomic E-state index is -0.440. The normalized spacial score (nSPS) is 13.0. The lowest BCUT2D eigenvalue weighted by Crippen LogP contribution is -2.13. The fourth-order valence-electron chi connectivity index (χ4n) is 1.71. The summed E-state index contributed by atoms with van der Waals surface area (Å²) in [5.74, 6) is -0.440. The molecular formula is C17H24ClNO3S. The van der Waals surface area contributed by atoms with Gasteiger partial charge in [0.25, 0.3) is 0 Å². The minimum absolute atomic E-state index is 0.0661. The number of esters is 1. The van der Waals surface area contributed by atoms with Crippen LogP contribution in [0.5, 0.6) is 0 Å². The molecule has 0 aliphatic heterocycles. The molecule has 1 aromatic rings. The van der Waals surface area contributed by atoms with E-state index in [1.807, 2.05) is 13.8 Å². The topological polar surface area (TPSA) is 47.9 Å². The smallest absolute Gasteiger partial charge is 0.339 e. The zero-order valence-corrected chi connectivity index (χ0v) is 15.8. The molecule has 1 atom stereocenters. The van der Waals surface area contributed by atoms with Crippen LogP contribution < -0.4 is 0 Å². The van der Waals surface area contributed by atoms with E-state index in [1.54, 1.807) is 37.6 Å². The number of rotatable bonds is 8. The maximum absolute atomic E-state index is 12.0. The predicted octanol–water partition coefficient (Wildman–Crippen LogP) is 5.46. The molecule has 0 amide bonds. The van der Waals surface area contributed by atoms with Crippen molar-refractivity contribution < 1.29 is 14.3 Å². The average Bonchev–Trinajstić information content (AvgIpc) is 2.46. The van der Waals surface area contributed by atoms with Crippen molar-refractivity contribution >= 4 is 40.6 Å². The number of hydrogen-bond donors (Lipinski definition) is 0. The van der Waals surface area contributed by atoms with Crippen LogP contribution in [0.25, 0.3) is 0 Å². The summed E-state index contributed by atoms with van der Waals surface area (Å²) in [5.41, 5.74) is 2.77. The fourth-order valence-corrected chi connectivity index (χ4v) is 2.71. The van der Waals surface area contributed by atoms with Gasteiger partial charge in [-0.2, -0.15) is 0 Å². The third-order valence-electron chi connectivity index (χ3n) is 2.68. The van der Waals surface area contributed by atoms with Crippen LogP contribution in [0, 0.1) is 0 Å². The van der Waals surface area contributed by atoms with E-state index in [9.17, 15) is 4.79 Å². The van der Waals surface area contributed by atoms with Crippen LogP contribution in [0.4, 0.5) is 5.69 Å². The second-order valence-electron chi connectivity index (χ2n) is 5.51. The van der Waals surface area contributed by atoms with Crippen LogP contribution in [-0.2, 0) is 9.47 Å². The van der Waals surface area contributed by atoms with E-state index in [0.29, 0.717) is 16.3 Å². The Labute approximate surface area is 147 Å². The van der Waals surface area contributed by atoms with Gasteiger partial charge in [-0.3, -0.25) is 0 Å². The third-order valence-corrected chi connectivity index (χ3v) is 3.99. The average molecular weight is 358 g/mol. The second kappa shape index (κ2) is 9.96. The summed E-state index contributed by atoms with van der Waals surface area (Å²) in [7, 11) is 0. The highest BCUT2D eigenvalue weighted by Gasteiger charge is 2.14. The highest BCUT2D eigenvalue weighted by molar-refractivity contribution is 8.12. The zero-order valence-electron chi connectivity index (χ0n) is 14.2. The highest BCUT2D eigenvalue weighted by atomic mass is 35.5. The SMILES string of the molecule is CCC(OC(C)C)SC=Nc1ccc(Cl)c(C(=O)OC(C)C)c1. The molecule has 0 saturated heterocycles. The Kier molecular flexibility index (Phi) is 8.66. The van der Waals surface area contributed by atoms with Gasteiger partial charge >= 0.3 is 5.97 Å². The van der Waals surface area contributed by atoms with Gasteiger partial charge in [-0.1, -0.05) is 30.3 Å². The summed E-state index contributed by atoms with van der Waals surface area (Å²) >= 11 is 7.57. The number of ether oxygens (including phenoxy) is 2. The molecule has 1 rings (SSSR count). The van der Waals surface area contributed by atoms with Crippen molar-refractivity contribution in [2.45, 2.75) is 58.7 Å². The maximum Gasteiger partial charge on any atom is 0.339 e. The maximum atomic E-state index is 12.0. The van der Waals surface area contributed by atoms with Gasteiger partial charge in [0, 0.05) is 0 Å². The quantitative estimate of drug-likeness (QED) is 0.268. The number of nitrogens with zero attached hydrogens (tertiary/aromatic N) is 1. The molecule has 0 N–H and O–H groups in total. The van der Waals surface area contributed by atoms with Crippen molar-refractivity contribution in [3.8, 4) is 0 Å². The lowest BCUT2D eigenvalue weighted by molar-refractivity contribution is 0.0378. The second-order valence-corrected chi connectivity index (χ2v) is 6.93. The van der Waals surface area contributed by atoms with Gasteiger partial charge in [-0.15, -0.1) is 0 Å². The Morgan fingerprint density at radius 3 is 2.57 bits per heavy atom. The molecule has 0 fully saturated rings. The van der Waals surface area contributed by atoms with Crippen molar-refractivity contribution in [3.05, 3.63) is 28.8 Å². The number of carbonyl (C=O) groups excluding carboxylic acids is 1. The van der Waals surface area contributed by atoms with Crippen LogP contribution in [0.3, 0.4) is 0 Å². The third kappa shape index (κ3) is 7.38. The van der Waals surface area contributed by atoms with Crippen LogP contribution in [0.1, 0.15) is 51.4 Å². The molecule has 0 radical (unpaired) electrons. The first kappa shape index (κ1) is 20.0. The highest BCUT2D eigenvalue weighted by Crippen LogP contribution is 2.24.